The molecule has 3 N–H and O–H groups in total. The van der Waals surface area contributed by atoms with Crippen molar-refractivity contribution in [1.82, 2.24) is 5.32 Å². The van der Waals surface area contributed by atoms with Gasteiger partial charge in [-0.25, -0.2) is 0 Å². The number of hydrogen-bond donors (Lipinski definition) is 2. The van der Waals surface area contributed by atoms with Crippen molar-refractivity contribution in [3.05, 3.63) is 0 Å². The van der Waals surface area contributed by atoms with Crippen molar-refractivity contribution in [2.45, 2.75) is 25.8 Å². The van der Waals surface area contributed by atoms with Crippen LogP contribution in [0.1, 0.15) is 19.8 Å². The number of hydrogen-bond acceptors (Lipinski definition) is 2. The van der Waals surface area contributed by atoms with Crippen molar-refractivity contribution in [2.24, 2.45) is 5.73 Å². The molecule has 0 aromatic heterocycles. The fourth-order valence-electron chi connectivity index (χ4n) is 0.610. The van der Waals surface area contributed by atoms with Crippen molar-refractivity contribution in [2.75, 3.05) is 6.54 Å². The van der Waals surface area contributed by atoms with Gasteiger partial charge in [0.2, 0.25) is 5.91 Å². The minimum absolute atomic E-state index is 0.257. The van der Waals surface area contributed by atoms with E-state index in [0.29, 0.717) is 0 Å². The van der Waals surface area contributed by atoms with Gasteiger partial charge in [0.05, 0.1) is 6.04 Å². The molecule has 0 heterocycles. The number of nitrogens with one attached hydrogen (secondary N) is 1. The largest absolute Gasteiger partial charge is 0.368 e. The van der Waals surface area contributed by atoms with Crippen LogP contribution in [-0.4, -0.2) is 18.5 Å². The summed E-state index contributed by atoms with van der Waals surface area (Å²) >= 11 is 0. The first-order chi connectivity index (χ1) is 5.18. The van der Waals surface area contributed by atoms with E-state index >= 15 is 0 Å². The van der Waals surface area contributed by atoms with Gasteiger partial charge in [-0.2, -0.15) is 0 Å². The van der Waals surface area contributed by atoms with Gasteiger partial charge in [-0.3, -0.25) is 4.79 Å². The molecule has 0 saturated heterocycles. The lowest BCUT2D eigenvalue weighted by Crippen LogP contribution is -2.39. The minimum Gasteiger partial charge on any atom is -0.368 e. The fraction of sp³-hybridized carbons (Fsp3) is 0.625. The first kappa shape index (κ1) is 9.99. The van der Waals surface area contributed by atoms with E-state index in [4.69, 9.17) is 12.2 Å². The minimum atomic E-state index is -0.328. The molecule has 0 spiro atoms. The second-order valence-electron chi connectivity index (χ2n) is 2.39. The van der Waals surface area contributed by atoms with E-state index in [0.717, 1.165) is 19.4 Å². The van der Waals surface area contributed by atoms with Gasteiger partial charge in [-0.1, -0.05) is 0 Å². The standard InChI is InChI=1S/C8H14N2O/c1-3-4-5-6-10-7(2)8(9)11/h1,7,10H,4-6H2,2H3,(H2,9,11). The predicted octanol–water partition coefficient (Wildman–Crippen LogP) is -0.137. The molecule has 62 valence electrons. The van der Waals surface area contributed by atoms with E-state index < -0.39 is 0 Å². The maximum absolute atomic E-state index is 10.5. The Morgan fingerprint density at radius 3 is 2.91 bits per heavy atom. The maximum atomic E-state index is 10.5. The van der Waals surface area contributed by atoms with Gasteiger partial charge in [-0.15, -0.1) is 12.3 Å². The number of amides is 1. The van der Waals surface area contributed by atoms with Crippen LogP contribution in [0, 0.1) is 12.3 Å². The number of unbranched alkanes of at least 4 members (excludes halogenated alkanes) is 1. The molecular weight excluding hydrogens is 140 g/mol. The van der Waals surface area contributed by atoms with Gasteiger partial charge in [0.15, 0.2) is 0 Å². The lowest BCUT2D eigenvalue weighted by molar-refractivity contribution is -0.119. The summed E-state index contributed by atoms with van der Waals surface area (Å²) in [6, 6.07) is -0.257. The van der Waals surface area contributed by atoms with Crippen LogP contribution in [0.5, 0.6) is 0 Å². The molecule has 0 aliphatic carbocycles. The normalized spacial score (nSPS) is 12.0. The molecule has 0 aromatic carbocycles. The topological polar surface area (TPSA) is 55.1 Å². The molecule has 3 heteroatoms. The van der Waals surface area contributed by atoms with Gasteiger partial charge in [0, 0.05) is 6.42 Å². The first-order valence-electron chi connectivity index (χ1n) is 3.64. The van der Waals surface area contributed by atoms with Crippen molar-refractivity contribution in [3.63, 3.8) is 0 Å². The summed E-state index contributed by atoms with van der Waals surface area (Å²) in [7, 11) is 0. The van der Waals surface area contributed by atoms with Gasteiger partial charge in [0.1, 0.15) is 0 Å². The summed E-state index contributed by atoms with van der Waals surface area (Å²) in [5.41, 5.74) is 5.01. The Bertz CT molecular complexity index is 160. The van der Waals surface area contributed by atoms with Crippen LogP contribution in [0.25, 0.3) is 0 Å². The zero-order valence-electron chi connectivity index (χ0n) is 6.76. The van der Waals surface area contributed by atoms with Crippen LogP contribution >= 0.6 is 0 Å². The first-order valence-corrected chi connectivity index (χ1v) is 3.64. The van der Waals surface area contributed by atoms with E-state index in [1.165, 1.54) is 0 Å². The van der Waals surface area contributed by atoms with E-state index in [-0.39, 0.29) is 11.9 Å². The Hall–Kier alpha value is -1.01. The highest BCUT2D eigenvalue weighted by molar-refractivity contribution is 5.79. The molecular formula is C8H14N2O. The Balaban J connectivity index is 3.26. The summed E-state index contributed by atoms with van der Waals surface area (Å²) in [5, 5.41) is 2.95. The number of terminal acetylenes is 1. The second kappa shape index (κ2) is 5.75. The molecule has 0 saturated carbocycles. The van der Waals surface area contributed by atoms with Gasteiger partial charge in [-0.05, 0) is 19.9 Å². The van der Waals surface area contributed by atoms with E-state index in [2.05, 4.69) is 11.2 Å². The molecule has 0 bridgehead atoms. The van der Waals surface area contributed by atoms with Crippen molar-refractivity contribution >= 4 is 5.91 Å². The van der Waals surface area contributed by atoms with Gasteiger partial charge < -0.3 is 11.1 Å². The van der Waals surface area contributed by atoms with Crippen LogP contribution in [0.4, 0.5) is 0 Å². The van der Waals surface area contributed by atoms with Gasteiger partial charge >= 0.3 is 0 Å². The molecule has 0 aliphatic heterocycles. The summed E-state index contributed by atoms with van der Waals surface area (Å²) in [4.78, 5) is 10.5. The zero-order valence-corrected chi connectivity index (χ0v) is 6.76. The lowest BCUT2D eigenvalue weighted by Gasteiger charge is -2.07. The smallest absolute Gasteiger partial charge is 0.234 e. The number of carbonyl (C=O) groups excluding carboxylic acids is 1. The highest BCUT2D eigenvalue weighted by Crippen LogP contribution is 1.85. The predicted molar refractivity (Wildman–Crippen MR) is 44.7 cm³/mol. The second-order valence-corrected chi connectivity index (χ2v) is 2.39. The number of carbonyl (C=O) groups is 1. The van der Waals surface area contributed by atoms with E-state index in [1.807, 2.05) is 0 Å². The summed E-state index contributed by atoms with van der Waals surface area (Å²) in [6.07, 6.45) is 6.65. The molecule has 1 unspecified atom stereocenters. The molecule has 0 fully saturated rings. The molecule has 1 amide bonds. The summed E-state index contributed by atoms with van der Waals surface area (Å²) in [6.45, 7) is 2.48. The Labute approximate surface area is 67.3 Å². The van der Waals surface area contributed by atoms with Gasteiger partial charge in [0.25, 0.3) is 0 Å². The Morgan fingerprint density at radius 1 is 1.82 bits per heavy atom. The average Bonchev–Trinajstić information content (AvgIpc) is 1.97. The Kier molecular flexibility index (Phi) is 5.22. The van der Waals surface area contributed by atoms with Crippen molar-refractivity contribution < 1.29 is 4.79 Å². The van der Waals surface area contributed by atoms with Crippen LogP contribution in [0.2, 0.25) is 0 Å². The molecule has 0 rings (SSSR count). The molecule has 0 aromatic rings. The zero-order chi connectivity index (χ0) is 8.69. The third-order valence-corrected chi connectivity index (χ3v) is 1.38. The molecule has 1 atom stereocenters. The van der Waals surface area contributed by atoms with E-state index in [1.54, 1.807) is 6.92 Å². The highest BCUT2D eigenvalue weighted by atomic mass is 16.1. The molecule has 0 radical (unpaired) electrons. The monoisotopic (exact) mass is 154 g/mol. The van der Waals surface area contributed by atoms with Crippen molar-refractivity contribution in [3.8, 4) is 12.3 Å². The lowest BCUT2D eigenvalue weighted by atomic mass is 10.3. The van der Waals surface area contributed by atoms with Crippen LogP contribution in [0.3, 0.4) is 0 Å². The number of rotatable bonds is 5. The fourth-order valence-corrected chi connectivity index (χ4v) is 0.610. The molecule has 3 nitrogen and oxygen atoms in total. The van der Waals surface area contributed by atoms with E-state index in [9.17, 15) is 4.79 Å². The van der Waals surface area contributed by atoms with Crippen molar-refractivity contribution in [1.29, 1.82) is 0 Å². The summed E-state index contributed by atoms with van der Waals surface area (Å²) < 4.78 is 0. The third kappa shape index (κ3) is 5.43. The molecule has 0 aliphatic rings. The third-order valence-electron chi connectivity index (χ3n) is 1.38. The maximum Gasteiger partial charge on any atom is 0.234 e. The average molecular weight is 154 g/mol. The molecule has 11 heavy (non-hydrogen) atoms. The summed E-state index contributed by atoms with van der Waals surface area (Å²) in [5.74, 6) is 2.19. The Morgan fingerprint density at radius 2 is 2.45 bits per heavy atom. The highest BCUT2D eigenvalue weighted by Gasteiger charge is 2.04. The quantitative estimate of drug-likeness (QED) is 0.428. The number of primary amides is 1. The SMILES string of the molecule is C#CCCCNC(C)C(N)=O. The van der Waals surface area contributed by atoms with Crippen LogP contribution < -0.4 is 11.1 Å². The van der Waals surface area contributed by atoms with Crippen LogP contribution in [-0.2, 0) is 4.79 Å². The van der Waals surface area contributed by atoms with Crippen LogP contribution in [0.15, 0.2) is 0 Å². The number of nitrogens with two attached hydrogens (primary N) is 1.